The Balaban J connectivity index is 2.20. The number of aromatic nitrogens is 1. The molecule has 0 atom stereocenters. The number of rotatable bonds is 6. The molecule has 6 heteroatoms. The summed E-state index contributed by atoms with van der Waals surface area (Å²) in [6.45, 7) is 2.53. The zero-order valence-electron chi connectivity index (χ0n) is 12.1. The third-order valence-electron chi connectivity index (χ3n) is 3.20. The molecule has 1 aromatic heterocycles. The molecule has 0 bridgehead atoms. The van der Waals surface area contributed by atoms with E-state index in [0.717, 1.165) is 41.7 Å². The fraction of sp³-hybridized carbons (Fsp3) is 0.333. The summed E-state index contributed by atoms with van der Waals surface area (Å²) >= 11 is 6.21. The van der Waals surface area contributed by atoms with Gasteiger partial charge in [-0.2, -0.15) is 0 Å². The lowest BCUT2D eigenvalue weighted by Gasteiger charge is -2.12. The molecule has 0 saturated carbocycles. The quantitative estimate of drug-likeness (QED) is 0.367. The smallest absolute Gasteiger partial charge is 0.121 e. The van der Waals surface area contributed by atoms with Crippen molar-refractivity contribution in [3.63, 3.8) is 0 Å². The molecule has 2 aromatic rings. The van der Waals surface area contributed by atoms with Gasteiger partial charge < -0.3 is 15.3 Å². The van der Waals surface area contributed by atoms with Crippen molar-refractivity contribution < 1.29 is 9.94 Å². The minimum absolute atomic E-state index is 0.644. The molecule has 1 aromatic carbocycles. The number of fused-ring (bicyclic) bond motifs is 1. The lowest BCUT2D eigenvalue weighted by molar-refractivity contribution is 0.317. The monoisotopic (exact) mass is 307 g/mol. The summed E-state index contributed by atoms with van der Waals surface area (Å²) in [5, 5.41) is 16.6. The highest BCUT2D eigenvalue weighted by Gasteiger charge is 2.08. The normalized spacial score (nSPS) is 11.7. The fourth-order valence-electron chi connectivity index (χ4n) is 2.07. The molecule has 0 aliphatic rings. The zero-order valence-corrected chi connectivity index (χ0v) is 12.8. The molecule has 5 nitrogen and oxygen atoms in total. The van der Waals surface area contributed by atoms with Gasteiger partial charge in [-0.05, 0) is 31.9 Å². The van der Waals surface area contributed by atoms with Crippen LogP contribution in [0.25, 0.3) is 10.9 Å². The van der Waals surface area contributed by atoms with Crippen molar-refractivity contribution >= 4 is 33.9 Å². The van der Waals surface area contributed by atoms with Crippen LogP contribution in [0.2, 0.25) is 5.02 Å². The van der Waals surface area contributed by atoms with E-state index in [1.807, 2.05) is 12.1 Å². The van der Waals surface area contributed by atoms with Gasteiger partial charge in [0.05, 0.1) is 29.0 Å². The summed E-state index contributed by atoms with van der Waals surface area (Å²) in [4.78, 5) is 4.38. The van der Waals surface area contributed by atoms with Gasteiger partial charge in [-0.3, -0.25) is 4.98 Å². The van der Waals surface area contributed by atoms with Gasteiger partial charge in [-0.15, -0.1) is 0 Å². The van der Waals surface area contributed by atoms with Crippen LogP contribution in [0, 0.1) is 0 Å². The minimum Gasteiger partial charge on any atom is -0.497 e. The molecule has 2 N–H and O–H groups in total. The molecule has 0 aliphatic carbocycles. The third kappa shape index (κ3) is 3.76. The molecule has 0 amide bonds. The number of hydrogen-bond donors (Lipinski definition) is 2. The minimum atomic E-state index is 0.644. The van der Waals surface area contributed by atoms with Crippen LogP contribution in [0.1, 0.15) is 19.8 Å². The Labute approximate surface area is 128 Å². The highest BCUT2D eigenvalue weighted by atomic mass is 35.5. The van der Waals surface area contributed by atoms with Crippen LogP contribution in [-0.4, -0.2) is 29.6 Å². The van der Waals surface area contributed by atoms with Gasteiger partial charge in [-0.25, -0.2) is 0 Å². The van der Waals surface area contributed by atoms with Gasteiger partial charge in [0.25, 0.3) is 0 Å². The molecule has 112 valence electrons. The molecule has 0 unspecified atom stereocenters. The van der Waals surface area contributed by atoms with Crippen molar-refractivity contribution in [3.8, 4) is 5.75 Å². The molecule has 0 fully saturated rings. The Kier molecular flexibility index (Phi) is 5.22. The van der Waals surface area contributed by atoms with Gasteiger partial charge in [0.15, 0.2) is 0 Å². The van der Waals surface area contributed by atoms with Gasteiger partial charge in [0.1, 0.15) is 5.75 Å². The molecule has 0 spiro atoms. The standard InChI is InChI=1S/C15H18ClN3O2/c1-10(19-20)4-3-6-17-14-9-11(21-2)8-12-13(16)5-7-18-15(12)14/h5,7-9,17,20H,3-4,6H2,1-2H3. The van der Waals surface area contributed by atoms with Crippen molar-refractivity contribution in [2.24, 2.45) is 5.16 Å². The summed E-state index contributed by atoms with van der Waals surface area (Å²) in [5.74, 6) is 0.730. The van der Waals surface area contributed by atoms with Crippen LogP contribution >= 0.6 is 11.6 Å². The largest absolute Gasteiger partial charge is 0.497 e. The molecule has 0 aliphatic heterocycles. The first-order valence-electron chi connectivity index (χ1n) is 6.69. The Hall–Kier alpha value is -2.01. The van der Waals surface area contributed by atoms with E-state index in [2.05, 4.69) is 15.5 Å². The van der Waals surface area contributed by atoms with E-state index in [1.165, 1.54) is 0 Å². The number of benzene rings is 1. The van der Waals surface area contributed by atoms with Crippen LogP contribution in [0.3, 0.4) is 0 Å². The van der Waals surface area contributed by atoms with Crippen LogP contribution < -0.4 is 10.1 Å². The van der Waals surface area contributed by atoms with E-state index in [9.17, 15) is 0 Å². The van der Waals surface area contributed by atoms with Crippen molar-refractivity contribution in [2.45, 2.75) is 19.8 Å². The van der Waals surface area contributed by atoms with Gasteiger partial charge in [0, 0.05) is 24.2 Å². The second-order valence-corrected chi connectivity index (χ2v) is 5.14. The van der Waals surface area contributed by atoms with E-state index >= 15 is 0 Å². The van der Waals surface area contributed by atoms with Crippen molar-refractivity contribution in [3.05, 3.63) is 29.4 Å². The molecule has 21 heavy (non-hydrogen) atoms. The number of nitrogens with one attached hydrogen (secondary N) is 1. The van der Waals surface area contributed by atoms with Crippen LogP contribution in [0.5, 0.6) is 5.75 Å². The molecule has 0 radical (unpaired) electrons. The Morgan fingerprint density at radius 1 is 1.48 bits per heavy atom. The first-order chi connectivity index (χ1) is 10.2. The summed E-state index contributed by atoms with van der Waals surface area (Å²) in [6.07, 6.45) is 3.28. The first-order valence-corrected chi connectivity index (χ1v) is 7.07. The van der Waals surface area contributed by atoms with Crippen molar-refractivity contribution in [2.75, 3.05) is 19.0 Å². The fourth-order valence-corrected chi connectivity index (χ4v) is 2.27. The Morgan fingerprint density at radius 2 is 2.29 bits per heavy atom. The highest BCUT2D eigenvalue weighted by Crippen LogP contribution is 2.32. The number of halogens is 1. The highest BCUT2D eigenvalue weighted by molar-refractivity contribution is 6.35. The van der Waals surface area contributed by atoms with Gasteiger partial charge in [0.2, 0.25) is 0 Å². The first kappa shape index (κ1) is 15.4. The van der Waals surface area contributed by atoms with E-state index in [0.29, 0.717) is 10.7 Å². The summed E-state index contributed by atoms with van der Waals surface area (Å²) in [5.41, 5.74) is 2.41. The number of methoxy groups -OCH3 is 1. The topological polar surface area (TPSA) is 66.7 Å². The predicted molar refractivity (Wildman–Crippen MR) is 85.9 cm³/mol. The van der Waals surface area contributed by atoms with Crippen molar-refractivity contribution in [1.29, 1.82) is 0 Å². The van der Waals surface area contributed by atoms with Crippen LogP contribution in [0.4, 0.5) is 5.69 Å². The number of hydrogen-bond acceptors (Lipinski definition) is 5. The molecular formula is C15H18ClN3O2. The maximum Gasteiger partial charge on any atom is 0.121 e. The lowest BCUT2D eigenvalue weighted by Crippen LogP contribution is -2.05. The maximum absolute atomic E-state index is 8.62. The van der Waals surface area contributed by atoms with Crippen LogP contribution in [-0.2, 0) is 0 Å². The Bertz CT molecular complexity index is 659. The number of anilines is 1. The van der Waals surface area contributed by atoms with E-state index < -0.39 is 0 Å². The second-order valence-electron chi connectivity index (χ2n) is 4.73. The summed E-state index contributed by atoms with van der Waals surface area (Å²) in [6, 6.07) is 5.53. The lowest BCUT2D eigenvalue weighted by atomic mass is 10.1. The molecule has 1 heterocycles. The average Bonchev–Trinajstić information content (AvgIpc) is 2.51. The summed E-state index contributed by atoms with van der Waals surface area (Å²) in [7, 11) is 1.62. The maximum atomic E-state index is 8.62. The van der Waals surface area contributed by atoms with Gasteiger partial charge >= 0.3 is 0 Å². The number of oxime groups is 1. The van der Waals surface area contributed by atoms with Crippen LogP contribution in [0.15, 0.2) is 29.6 Å². The number of pyridine rings is 1. The van der Waals surface area contributed by atoms with Gasteiger partial charge in [-0.1, -0.05) is 16.8 Å². The molecule has 2 rings (SSSR count). The predicted octanol–water partition coefficient (Wildman–Crippen LogP) is 3.94. The van der Waals surface area contributed by atoms with E-state index in [4.69, 9.17) is 21.5 Å². The number of nitrogens with zero attached hydrogens (tertiary/aromatic N) is 2. The zero-order chi connectivity index (χ0) is 15.2. The SMILES string of the molecule is COc1cc(NCCCC(C)=NO)c2nccc(Cl)c2c1. The van der Waals surface area contributed by atoms with Crippen molar-refractivity contribution in [1.82, 2.24) is 4.98 Å². The molecule has 0 saturated heterocycles. The third-order valence-corrected chi connectivity index (χ3v) is 3.53. The second kappa shape index (κ2) is 7.13. The summed E-state index contributed by atoms with van der Waals surface area (Å²) < 4.78 is 5.30. The van der Waals surface area contributed by atoms with E-state index in [1.54, 1.807) is 26.3 Å². The number of ether oxygens (including phenoxy) is 1. The average molecular weight is 308 g/mol. The van der Waals surface area contributed by atoms with E-state index in [-0.39, 0.29) is 0 Å². The Morgan fingerprint density at radius 3 is 3.00 bits per heavy atom. The molecular weight excluding hydrogens is 290 g/mol.